The zero-order chi connectivity index (χ0) is 8.81. The summed E-state index contributed by atoms with van der Waals surface area (Å²) in [7, 11) is 5.75. The van der Waals surface area contributed by atoms with Crippen molar-refractivity contribution in [2.45, 2.75) is 19.9 Å². The van der Waals surface area contributed by atoms with Crippen molar-refractivity contribution in [3.63, 3.8) is 0 Å². The molecule has 0 aliphatic carbocycles. The molecule has 2 radical (unpaired) electrons. The molecule has 0 spiro atoms. The first-order valence-corrected chi connectivity index (χ1v) is 4.36. The molecular weight excluding hydrogens is 145 g/mol. The topological polar surface area (TPSA) is 3.24 Å². The highest BCUT2D eigenvalue weighted by molar-refractivity contribution is 6.04. The van der Waals surface area contributed by atoms with Gasteiger partial charge in [-0.3, -0.25) is 0 Å². The first kappa shape index (κ1) is 9.33. The molecule has 0 fully saturated rings. The Kier molecular flexibility index (Phi) is 3.88. The average Bonchev–Trinajstić information content (AvgIpc) is 2.06. The number of benzene rings is 1. The fourth-order valence-electron chi connectivity index (χ4n) is 1.18. The molecule has 0 aromatic heterocycles. The summed E-state index contributed by atoms with van der Waals surface area (Å²) in [6.45, 7) is 3.93. The van der Waals surface area contributed by atoms with Crippen LogP contribution in [0.25, 0.3) is 0 Å². The predicted molar refractivity (Wildman–Crippen MR) is 52.9 cm³/mol. The van der Waals surface area contributed by atoms with Crippen LogP contribution < -0.4 is 0 Å². The van der Waals surface area contributed by atoms with Gasteiger partial charge in [0.1, 0.15) is 0 Å². The lowest BCUT2D eigenvalue weighted by Gasteiger charge is -2.15. The van der Waals surface area contributed by atoms with Crippen LogP contribution >= 0.6 is 0 Å². The van der Waals surface area contributed by atoms with E-state index < -0.39 is 0 Å². The van der Waals surface area contributed by atoms with E-state index in [4.69, 9.17) is 7.98 Å². The highest BCUT2D eigenvalue weighted by Gasteiger charge is 1.96. The molecule has 1 rings (SSSR count). The molecule has 0 atom stereocenters. The van der Waals surface area contributed by atoms with E-state index in [1.807, 2.05) is 23.0 Å². The van der Waals surface area contributed by atoms with Crippen LogP contribution in [0.1, 0.15) is 18.9 Å². The highest BCUT2D eigenvalue weighted by atomic mass is 15.0. The number of rotatable bonds is 4. The third-order valence-electron chi connectivity index (χ3n) is 1.74. The van der Waals surface area contributed by atoms with Crippen molar-refractivity contribution in [2.75, 3.05) is 6.54 Å². The van der Waals surface area contributed by atoms with Crippen LogP contribution in [0.2, 0.25) is 0 Å². The Balaban J connectivity index is 2.41. The fourth-order valence-corrected chi connectivity index (χ4v) is 1.18. The van der Waals surface area contributed by atoms with Gasteiger partial charge in [-0.1, -0.05) is 37.3 Å². The van der Waals surface area contributed by atoms with Crippen molar-refractivity contribution in [1.82, 2.24) is 4.81 Å². The third kappa shape index (κ3) is 3.10. The molecule has 0 amide bonds. The van der Waals surface area contributed by atoms with E-state index in [1.54, 1.807) is 0 Å². The Morgan fingerprint density at radius 3 is 2.50 bits per heavy atom. The maximum Gasteiger partial charge on any atom is 0.182 e. The van der Waals surface area contributed by atoms with Crippen molar-refractivity contribution in [3.8, 4) is 0 Å². The molecule has 1 aromatic carbocycles. The van der Waals surface area contributed by atoms with Crippen LogP contribution in [0.15, 0.2) is 30.3 Å². The van der Waals surface area contributed by atoms with Gasteiger partial charge in [0.05, 0.1) is 0 Å². The number of hydrogen-bond donors (Lipinski definition) is 0. The lowest BCUT2D eigenvalue weighted by molar-refractivity contribution is 0.447. The largest absolute Gasteiger partial charge is 0.350 e. The summed E-state index contributed by atoms with van der Waals surface area (Å²) >= 11 is 0. The molecule has 0 bridgehead atoms. The molecule has 0 aliphatic heterocycles. The lowest BCUT2D eigenvalue weighted by Crippen LogP contribution is -2.20. The maximum atomic E-state index is 5.75. The molecule has 0 unspecified atom stereocenters. The summed E-state index contributed by atoms with van der Waals surface area (Å²) in [6, 6.07) is 10.3. The van der Waals surface area contributed by atoms with Crippen molar-refractivity contribution >= 4 is 7.98 Å². The van der Waals surface area contributed by atoms with Gasteiger partial charge in [0.25, 0.3) is 0 Å². The van der Waals surface area contributed by atoms with Gasteiger partial charge >= 0.3 is 0 Å². The van der Waals surface area contributed by atoms with Gasteiger partial charge in [-0.15, -0.1) is 0 Å². The van der Waals surface area contributed by atoms with Crippen molar-refractivity contribution in [3.05, 3.63) is 35.9 Å². The summed E-state index contributed by atoms with van der Waals surface area (Å²) in [5, 5.41) is 0. The maximum absolute atomic E-state index is 5.75. The summed E-state index contributed by atoms with van der Waals surface area (Å²) in [5.74, 6) is 0. The fraction of sp³-hybridized carbons (Fsp3) is 0.400. The van der Waals surface area contributed by atoms with Gasteiger partial charge in [-0.2, -0.15) is 0 Å². The molecule has 0 aliphatic rings. The van der Waals surface area contributed by atoms with Crippen LogP contribution in [-0.2, 0) is 6.54 Å². The second kappa shape index (κ2) is 4.99. The molecule has 0 saturated carbocycles. The van der Waals surface area contributed by atoms with Gasteiger partial charge < -0.3 is 4.81 Å². The first-order chi connectivity index (χ1) is 5.83. The van der Waals surface area contributed by atoms with E-state index in [-0.39, 0.29) is 0 Å². The van der Waals surface area contributed by atoms with Crippen LogP contribution in [0, 0.1) is 0 Å². The van der Waals surface area contributed by atoms with E-state index in [0.29, 0.717) is 0 Å². The minimum Gasteiger partial charge on any atom is -0.350 e. The molecule has 0 N–H and O–H groups in total. The molecule has 1 nitrogen and oxygen atoms in total. The predicted octanol–water partition coefficient (Wildman–Crippen LogP) is 1.98. The van der Waals surface area contributed by atoms with Gasteiger partial charge in [0.15, 0.2) is 7.98 Å². The van der Waals surface area contributed by atoms with Crippen molar-refractivity contribution < 1.29 is 0 Å². The Labute approximate surface area is 75.8 Å². The number of hydrogen-bond acceptors (Lipinski definition) is 1. The monoisotopic (exact) mass is 159 g/mol. The van der Waals surface area contributed by atoms with Crippen LogP contribution in [0.3, 0.4) is 0 Å². The van der Waals surface area contributed by atoms with Crippen LogP contribution in [0.5, 0.6) is 0 Å². The Morgan fingerprint density at radius 1 is 1.25 bits per heavy atom. The Hall–Kier alpha value is -0.755. The standard InChI is InChI=1S/C10H14BN/c1-2-8-12(11)9-10-6-4-3-5-7-10/h3-7H,2,8-9H2,1H3. The lowest BCUT2D eigenvalue weighted by atomic mass is 10.1. The molecule has 0 saturated heterocycles. The summed E-state index contributed by atoms with van der Waals surface area (Å²) in [4.78, 5) is 1.84. The third-order valence-corrected chi connectivity index (χ3v) is 1.74. The smallest absolute Gasteiger partial charge is 0.182 e. The Morgan fingerprint density at radius 2 is 1.92 bits per heavy atom. The molecule has 1 aromatic rings. The van der Waals surface area contributed by atoms with E-state index in [0.717, 1.165) is 19.5 Å². The van der Waals surface area contributed by atoms with Crippen molar-refractivity contribution in [2.24, 2.45) is 0 Å². The minimum absolute atomic E-state index is 0.842. The second-order valence-electron chi connectivity index (χ2n) is 2.96. The van der Waals surface area contributed by atoms with Crippen molar-refractivity contribution in [1.29, 1.82) is 0 Å². The van der Waals surface area contributed by atoms with Gasteiger partial charge in [-0.25, -0.2) is 0 Å². The van der Waals surface area contributed by atoms with Gasteiger partial charge in [0, 0.05) is 6.54 Å². The first-order valence-electron chi connectivity index (χ1n) is 4.36. The minimum atomic E-state index is 0.842. The normalized spacial score (nSPS) is 10.5. The van der Waals surface area contributed by atoms with Crippen LogP contribution in [0.4, 0.5) is 0 Å². The Bertz CT molecular complexity index is 210. The molecular formula is C10H14BN. The molecule has 0 heterocycles. The molecule has 12 heavy (non-hydrogen) atoms. The molecule has 2 heteroatoms. The SMILES string of the molecule is [B]N(CCC)Cc1ccccc1. The quantitative estimate of drug-likeness (QED) is 0.607. The van der Waals surface area contributed by atoms with Crippen LogP contribution in [-0.4, -0.2) is 19.3 Å². The van der Waals surface area contributed by atoms with E-state index in [2.05, 4.69) is 19.1 Å². The van der Waals surface area contributed by atoms with E-state index >= 15 is 0 Å². The zero-order valence-corrected chi connectivity index (χ0v) is 7.53. The molecule has 62 valence electrons. The second-order valence-corrected chi connectivity index (χ2v) is 2.96. The summed E-state index contributed by atoms with van der Waals surface area (Å²) in [5.41, 5.74) is 1.27. The summed E-state index contributed by atoms with van der Waals surface area (Å²) in [6.07, 6.45) is 1.10. The highest BCUT2D eigenvalue weighted by Crippen LogP contribution is 2.01. The van der Waals surface area contributed by atoms with Gasteiger partial charge in [-0.05, 0) is 18.5 Å². The summed E-state index contributed by atoms with van der Waals surface area (Å²) < 4.78 is 0. The average molecular weight is 159 g/mol. The van der Waals surface area contributed by atoms with E-state index in [9.17, 15) is 0 Å². The van der Waals surface area contributed by atoms with E-state index in [1.165, 1.54) is 5.56 Å². The zero-order valence-electron chi connectivity index (χ0n) is 7.53. The van der Waals surface area contributed by atoms with Gasteiger partial charge in [0.2, 0.25) is 0 Å². The number of nitrogens with zero attached hydrogens (tertiary/aromatic N) is 1.